The highest BCUT2D eigenvalue weighted by Crippen LogP contribution is 2.49. The molecule has 0 atom stereocenters. The van der Waals surface area contributed by atoms with Crippen LogP contribution in [0.2, 0.25) is 10.0 Å². The van der Waals surface area contributed by atoms with Gasteiger partial charge in [-0.25, -0.2) is 0 Å². The lowest BCUT2D eigenvalue weighted by Gasteiger charge is -2.11. The second-order valence-electron chi connectivity index (χ2n) is 4.62. The van der Waals surface area contributed by atoms with Gasteiger partial charge in [-0.1, -0.05) is 23.2 Å². The fourth-order valence-corrected chi connectivity index (χ4v) is 2.37. The Kier molecular flexibility index (Phi) is 5.10. The van der Waals surface area contributed by atoms with Gasteiger partial charge in [-0.2, -0.15) is 0 Å². The highest BCUT2D eigenvalue weighted by Gasteiger charge is 2.35. The van der Waals surface area contributed by atoms with Gasteiger partial charge >= 0.3 is 11.4 Å². The molecule has 0 fully saturated rings. The van der Waals surface area contributed by atoms with Gasteiger partial charge < -0.3 is 9.47 Å². The first-order valence-corrected chi connectivity index (χ1v) is 7.15. The van der Waals surface area contributed by atoms with Crippen molar-refractivity contribution in [2.75, 3.05) is 7.11 Å². The average molecular weight is 373 g/mol. The van der Waals surface area contributed by atoms with Crippen molar-refractivity contribution < 1.29 is 19.3 Å². The number of halogens is 2. The van der Waals surface area contributed by atoms with Crippen LogP contribution in [0.1, 0.15) is 5.56 Å². The summed E-state index contributed by atoms with van der Waals surface area (Å²) in [6.45, 7) is 1.69. The van der Waals surface area contributed by atoms with Crippen LogP contribution < -0.4 is 9.47 Å². The third-order valence-corrected chi connectivity index (χ3v) is 3.78. The van der Waals surface area contributed by atoms with Crippen molar-refractivity contribution in [2.24, 2.45) is 0 Å². The number of hydrogen-bond donors (Lipinski definition) is 0. The van der Waals surface area contributed by atoms with Gasteiger partial charge in [0.1, 0.15) is 5.75 Å². The third-order valence-electron chi connectivity index (χ3n) is 3.08. The monoisotopic (exact) mass is 372 g/mol. The Morgan fingerprint density at radius 3 is 2.17 bits per heavy atom. The Balaban J connectivity index is 2.71. The minimum absolute atomic E-state index is 0.146. The number of hydrogen-bond acceptors (Lipinski definition) is 6. The summed E-state index contributed by atoms with van der Waals surface area (Å²) in [4.78, 5) is 21.0. The van der Waals surface area contributed by atoms with Crippen LogP contribution in [0.3, 0.4) is 0 Å². The molecule has 2 rings (SSSR count). The van der Waals surface area contributed by atoms with E-state index in [1.54, 1.807) is 6.92 Å². The number of nitro benzene ring substituents is 2. The number of methoxy groups -OCH3 is 1. The molecule has 0 heterocycles. The topological polar surface area (TPSA) is 105 Å². The number of benzene rings is 2. The van der Waals surface area contributed by atoms with Crippen molar-refractivity contribution in [2.45, 2.75) is 6.92 Å². The molecule has 0 bridgehead atoms. The molecule has 0 saturated heterocycles. The predicted molar refractivity (Wildman–Crippen MR) is 87.6 cm³/mol. The van der Waals surface area contributed by atoms with Crippen molar-refractivity contribution in [1.82, 2.24) is 0 Å². The van der Waals surface area contributed by atoms with Gasteiger partial charge in [0.15, 0.2) is 0 Å². The molecule has 24 heavy (non-hydrogen) atoms. The van der Waals surface area contributed by atoms with Crippen LogP contribution >= 0.6 is 23.2 Å². The molecule has 0 saturated carbocycles. The molecule has 0 aromatic heterocycles. The Labute approximate surface area is 145 Å². The SMILES string of the molecule is COc1c(Cl)cc([N+](=O)[O-])c(Oc2ccc(Cl)c(C)c2)c1[N+](=O)[O-]. The molecule has 126 valence electrons. The Hall–Kier alpha value is -2.58. The quantitative estimate of drug-likeness (QED) is 0.544. The second kappa shape index (κ2) is 6.90. The van der Waals surface area contributed by atoms with Gasteiger partial charge in [0.05, 0.1) is 22.0 Å². The van der Waals surface area contributed by atoms with Crippen LogP contribution in [-0.2, 0) is 0 Å². The van der Waals surface area contributed by atoms with E-state index in [4.69, 9.17) is 32.7 Å². The summed E-state index contributed by atoms with van der Waals surface area (Å²) < 4.78 is 10.3. The normalized spacial score (nSPS) is 10.3. The zero-order valence-electron chi connectivity index (χ0n) is 12.4. The molecule has 2 aromatic rings. The molecule has 0 aliphatic carbocycles. The van der Waals surface area contributed by atoms with Crippen LogP contribution in [0.4, 0.5) is 11.4 Å². The molecular formula is C14H10Cl2N2O6. The molecule has 0 aliphatic heterocycles. The van der Waals surface area contributed by atoms with Gasteiger partial charge in [0.2, 0.25) is 5.75 Å². The van der Waals surface area contributed by atoms with E-state index in [2.05, 4.69) is 0 Å². The van der Waals surface area contributed by atoms with E-state index in [9.17, 15) is 20.2 Å². The summed E-state index contributed by atoms with van der Waals surface area (Å²) in [5, 5.41) is 22.8. The number of aryl methyl sites for hydroxylation is 1. The first-order valence-electron chi connectivity index (χ1n) is 6.39. The summed E-state index contributed by atoms with van der Waals surface area (Å²) in [7, 11) is 1.16. The second-order valence-corrected chi connectivity index (χ2v) is 5.43. The summed E-state index contributed by atoms with van der Waals surface area (Å²) in [6.07, 6.45) is 0. The highest BCUT2D eigenvalue weighted by molar-refractivity contribution is 6.33. The molecule has 2 aromatic carbocycles. The van der Waals surface area contributed by atoms with Gasteiger partial charge in [-0.15, -0.1) is 0 Å². The van der Waals surface area contributed by atoms with Crippen molar-refractivity contribution in [3.05, 3.63) is 60.1 Å². The molecular weight excluding hydrogens is 363 g/mol. The van der Waals surface area contributed by atoms with Crippen LogP contribution in [0.15, 0.2) is 24.3 Å². The average Bonchev–Trinajstić information content (AvgIpc) is 2.51. The van der Waals surface area contributed by atoms with Crippen LogP contribution in [0, 0.1) is 27.2 Å². The van der Waals surface area contributed by atoms with E-state index in [1.165, 1.54) is 18.2 Å². The van der Waals surface area contributed by atoms with E-state index in [-0.39, 0.29) is 16.5 Å². The molecule has 0 spiro atoms. The Morgan fingerprint density at radius 1 is 1.00 bits per heavy atom. The van der Waals surface area contributed by atoms with Crippen LogP contribution in [-0.4, -0.2) is 17.0 Å². The minimum Gasteiger partial charge on any atom is -0.489 e. The molecule has 0 unspecified atom stereocenters. The summed E-state index contributed by atoms with van der Waals surface area (Å²) >= 11 is 11.7. The fraction of sp³-hybridized carbons (Fsp3) is 0.143. The van der Waals surface area contributed by atoms with E-state index < -0.39 is 27.0 Å². The number of ether oxygens (including phenoxy) is 2. The molecule has 0 amide bonds. The summed E-state index contributed by atoms with van der Waals surface area (Å²) in [5.41, 5.74) is -0.746. The maximum absolute atomic E-state index is 11.4. The van der Waals surface area contributed by atoms with Crippen LogP contribution in [0.25, 0.3) is 0 Å². The smallest absolute Gasteiger partial charge is 0.361 e. The zero-order valence-corrected chi connectivity index (χ0v) is 13.9. The van der Waals surface area contributed by atoms with E-state index >= 15 is 0 Å². The van der Waals surface area contributed by atoms with Gasteiger partial charge in [-0.3, -0.25) is 20.2 Å². The molecule has 0 aliphatic rings. The minimum atomic E-state index is -0.851. The van der Waals surface area contributed by atoms with E-state index in [0.29, 0.717) is 10.6 Å². The Morgan fingerprint density at radius 2 is 1.67 bits per heavy atom. The van der Waals surface area contributed by atoms with Gasteiger partial charge in [0, 0.05) is 11.1 Å². The van der Waals surface area contributed by atoms with Crippen molar-refractivity contribution in [3.63, 3.8) is 0 Å². The summed E-state index contributed by atoms with van der Waals surface area (Å²) in [5.74, 6) is -0.756. The number of nitro groups is 2. The number of nitrogens with zero attached hydrogens (tertiary/aromatic N) is 2. The maximum atomic E-state index is 11.4. The first kappa shape index (κ1) is 17.8. The lowest BCUT2D eigenvalue weighted by Crippen LogP contribution is -2.02. The van der Waals surface area contributed by atoms with Crippen LogP contribution in [0.5, 0.6) is 17.2 Å². The zero-order chi connectivity index (χ0) is 18.0. The van der Waals surface area contributed by atoms with Crippen molar-refractivity contribution in [3.8, 4) is 17.2 Å². The lowest BCUT2D eigenvalue weighted by molar-refractivity contribution is -0.396. The first-order chi connectivity index (χ1) is 11.3. The predicted octanol–water partition coefficient (Wildman–Crippen LogP) is 4.92. The van der Waals surface area contributed by atoms with Crippen molar-refractivity contribution >= 4 is 34.6 Å². The highest BCUT2D eigenvalue weighted by atomic mass is 35.5. The standard InChI is InChI=1S/C14H10Cl2N2O6/c1-7-5-8(3-4-9(7)15)24-14-11(17(19)20)6-10(16)13(23-2)12(14)18(21)22/h3-6H,1-2H3. The third kappa shape index (κ3) is 3.34. The Bertz CT molecular complexity index is 840. The van der Waals surface area contributed by atoms with Crippen molar-refractivity contribution in [1.29, 1.82) is 0 Å². The number of rotatable bonds is 5. The fourth-order valence-electron chi connectivity index (χ4n) is 1.98. The molecule has 0 N–H and O–H groups in total. The lowest BCUT2D eigenvalue weighted by atomic mass is 10.2. The molecule has 8 nitrogen and oxygen atoms in total. The van der Waals surface area contributed by atoms with Gasteiger partial charge in [-0.05, 0) is 30.7 Å². The van der Waals surface area contributed by atoms with E-state index in [1.807, 2.05) is 0 Å². The van der Waals surface area contributed by atoms with Gasteiger partial charge in [0.25, 0.3) is 5.75 Å². The largest absolute Gasteiger partial charge is 0.489 e. The molecule has 0 radical (unpaired) electrons. The maximum Gasteiger partial charge on any atom is 0.361 e. The summed E-state index contributed by atoms with van der Waals surface area (Å²) in [6, 6.07) is 5.38. The molecule has 10 heteroatoms. The van der Waals surface area contributed by atoms with E-state index in [0.717, 1.165) is 13.2 Å².